The summed E-state index contributed by atoms with van der Waals surface area (Å²) in [4.78, 5) is 12.0. The summed E-state index contributed by atoms with van der Waals surface area (Å²) < 4.78 is 17.6. The summed E-state index contributed by atoms with van der Waals surface area (Å²) in [6.07, 6.45) is 3.59. The van der Waals surface area contributed by atoms with Gasteiger partial charge >= 0.3 is 0 Å². The largest absolute Gasteiger partial charge is 0.493 e. The number of hydrazone groups is 1. The van der Waals surface area contributed by atoms with E-state index in [-0.39, 0.29) is 12.5 Å². The third-order valence-corrected chi connectivity index (χ3v) is 4.96. The second-order valence-electron chi connectivity index (χ2n) is 5.83. The predicted octanol–water partition coefficient (Wildman–Crippen LogP) is 4.71. The summed E-state index contributed by atoms with van der Waals surface area (Å²) in [7, 11) is 3.11. The molecule has 0 bridgehead atoms. The van der Waals surface area contributed by atoms with Gasteiger partial charge in [0.1, 0.15) is 5.75 Å². The van der Waals surface area contributed by atoms with Crippen LogP contribution in [0, 0.1) is 0 Å². The Bertz CT molecular complexity index is 856. The highest BCUT2D eigenvalue weighted by Crippen LogP contribution is 2.35. The van der Waals surface area contributed by atoms with Crippen molar-refractivity contribution in [3.8, 4) is 17.2 Å². The minimum Gasteiger partial charge on any atom is -0.493 e. The van der Waals surface area contributed by atoms with Crippen LogP contribution in [-0.2, 0) is 11.2 Å². The van der Waals surface area contributed by atoms with Gasteiger partial charge < -0.3 is 14.2 Å². The Morgan fingerprint density at radius 2 is 1.89 bits per heavy atom. The molecule has 0 fully saturated rings. The van der Waals surface area contributed by atoms with Gasteiger partial charge in [-0.3, -0.25) is 4.79 Å². The van der Waals surface area contributed by atoms with Crippen LogP contribution in [-0.4, -0.2) is 32.9 Å². The number of ether oxygens (including phenoxy) is 3. The third-order valence-electron chi connectivity index (χ3n) is 3.75. The number of hydrogen-bond acceptors (Lipinski definition) is 5. The van der Waals surface area contributed by atoms with Gasteiger partial charge in [0.2, 0.25) is 0 Å². The van der Waals surface area contributed by atoms with Crippen LogP contribution in [0.5, 0.6) is 17.2 Å². The Hall–Kier alpha value is -2.06. The van der Waals surface area contributed by atoms with E-state index in [9.17, 15) is 4.79 Å². The standard InChI is InChI=1S/C20H22Br2N2O4/c1-4-5-13-6-7-17(15(21)8-13)28-12-19(25)24-23-11-14-9-16(22)20(27-3)18(10-14)26-2/h6-11H,4-5,12H2,1-3H3,(H,24,25)/b23-11+. The minimum absolute atomic E-state index is 0.140. The zero-order chi connectivity index (χ0) is 20.5. The van der Waals surface area contributed by atoms with Gasteiger partial charge in [0, 0.05) is 0 Å². The monoisotopic (exact) mass is 512 g/mol. The van der Waals surface area contributed by atoms with E-state index in [1.165, 1.54) is 11.8 Å². The molecule has 0 unspecified atom stereocenters. The van der Waals surface area contributed by atoms with Gasteiger partial charge in [-0.15, -0.1) is 0 Å². The van der Waals surface area contributed by atoms with Crippen LogP contribution in [0.3, 0.4) is 0 Å². The van der Waals surface area contributed by atoms with Crippen LogP contribution in [0.15, 0.2) is 44.4 Å². The number of aryl methyl sites for hydroxylation is 1. The fraction of sp³-hybridized carbons (Fsp3) is 0.300. The van der Waals surface area contributed by atoms with Crippen molar-refractivity contribution in [2.75, 3.05) is 20.8 Å². The van der Waals surface area contributed by atoms with Crippen molar-refractivity contribution in [3.63, 3.8) is 0 Å². The molecule has 0 heterocycles. The Labute approximate surface area is 181 Å². The number of benzene rings is 2. The summed E-state index contributed by atoms with van der Waals surface area (Å²) in [5.74, 6) is 1.40. The number of methoxy groups -OCH3 is 2. The van der Waals surface area contributed by atoms with Crippen molar-refractivity contribution in [3.05, 3.63) is 50.4 Å². The lowest BCUT2D eigenvalue weighted by molar-refractivity contribution is -0.123. The van der Waals surface area contributed by atoms with Gasteiger partial charge in [-0.2, -0.15) is 5.10 Å². The van der Waals surface area contributed by atoms with E-state index in [1.807, 2.05) is 24.3 Å². The normalized spacial score (nSPS) is 10.8. The molecule has 28 heavy (non-hydrogen) atoms. The number of carbonyl (C=O) groups is 1. The Balaban J connectivity index is 1.91. The maximum absolute atomic E-state index is 12.0. The molecule has 2 aromatic rings. The predicted molar refractivity (Wildman–Crippen MR) is 117 cm³/mol. The first-order valence-electron chi connectivity index (χ1n) is 8.63. The summed E-state index contributed by atoms with van der Waals surface area (Å²) in [6.45, 7) is 1.99. The van der Waals surface area contributed by atoms with Gasteiger partial charge in [-0.1, -0.05) is 19.4 Å². The van der Waals surface area contributed by atoms with Gasteiger partial charge in [0.15, 0.2) is 18.1 Å². The molecule has 0 aromatic heterocycles. The molecule has 0 aliphatic carbocycles. The molecule has 150 valence electrons. The molecule has 0 saturated heterocycles. The molecule has 0 atom stereocenters. The lowest BCUT2D eigenvalue weighted by atomic mass is 10.1. The molecule has 0 saturated carbocycles. The van der Waals surface area contributed by atoms with Crippen molar-refractivity contribution in [2.45, 2.75) is 19.8 Å². The minimum atomic E-state index is -0.361. The lowest BCUT2D eigenvalue weighted by Crippen LogP contribution is -2.24. The zero-order valence-electron chi connectivity index (χ0n) is 15.9. The molecule has 2 rings (SSSR count). The van der Waals surface area contributed by atoms with Crippen molar-refractivity contribution < 1.29 is 19.0 Å². The second kappa shape index (κ2) is 11.1. The second-order valence-corrected chi connectivity index (χ2v) is 7.54. The van der Waals surface area contributed by atoms with Crippen LogP contribution >= 0.6 is 31.9 Å². The van der Waals surface area contributed by atoms with Gasteiger partial charge in [0.05, 0.1) is 29.4 Å². The highest BCUT2D eigenvalue weighted by Gasteiger charge is 2.10. The first-order chi connectivity index (χ1) is 13.5. The topological polar surface area (TPSA) is 69.2 Å². The number of amides is 1. The quantitative estimate of drug-likeness (QED) is 0.389. The fourth-order valence-electron chi connectivity index (χ4n) is 2.47. The number of nitrogens with one attached hydrogen (secondary N) is 1. The Kier molecular flexibility index (Phi) is 8.79. The van der Waals surface area contributed by atoms with E-state index in [0.717, 1.165) is 27.4 Å². The SMILES string of the molecule is CCCc1ccc(OCC(=O)N/N=C/c2cc(Br)c(OC)c(OC)c2)c(Br)c1. The van der Waals surface area contributed by atoms with Crippen LogP contribution < -0.4 is 19.6 Å². The summed E-state index contributed by atoms with van der Waals surface area (Å²) in [5, 5.41) is 3.95. The fourth-order valence-corrected chi connectivity index (χ4v) is 3.63. The van der Waals surface area contributed by atoms with E-state index in [1.54, 1.807) is 20.3 Å². The van der Waals surface area contributed by atoms with E-state index >= 15 is 0 Å². The summed E-state index contributed by atoms with van der Waals surface area (Å²) in [6, 6.07) is 9.42. The first kappa shape index (κ1) is 22.2. The van der Waals surface area contributed by atoms with E-state index in [0.29, 0.717) is 17.2 Å². The molecule has 6 nitrogen and oxygen atoms in total. The molecular weight excluding hydrogens is 492 g/mol. The highest BCUT2D eigenvalue weighted by atomic mass is 79.9. The van der Waals surface area contributed by atoms with E-state index in [2.05, 4.69) is 49.3 Å². The molecule has 1 amide bonds. The molecule has 0 aliphatic heterocycles. The number of rotatable bonds is 9. The number of carbonyl (C=O) groups excluding carboxylic acids is 1. The van der Waals surface area contributed by atoms with Gasteiger partial charge in [0.25, 0.3) is 5.91 Å². The van der Waals surface area contributed by atoms with E-state index in [4.69, 9.17) is 14.2 Å². The van der Waals surface area contributed by atoms with Crippen molar-refractivity contribution in [2.24, 2.45) is 5.10 Å². The van der Waals surface area contributed by atoms with Crippen LogP contribution in [0.4, 0.5) is 0 Å². The maximum Gasteiger partial charge on any atom is 0.277 e. The zero-order valence-corrected chi connectivity index (χ0v) is 19.1. The van der Waals surface area contributed by atoms with E-state index < -0.39 is 0 Å². The third kappa shape index (κ3) is 6.24. The molecule has 8 heteroatoms. The number of hydrogen-bond donors (Lipinski definition) is 1. The molecule has 0 spiro atoms. The number of halogens is 2. The van der Waals surface area contributed by atoms with Crippen LogP contribution in [0.2, 0.25) is 0 Å². The smallest absolute Gasteiger partial charge is 0.277 e. The Morgan fingerprint density at radius 1 is 1.11 bits per heavy atom. The first-order valence-corrected chi connectivity index (χ1v) is 10.2. The van der Waals surface area contributed by atoms with Crippen LogP contribution in [0.25, 0.3) is 0 Å². The van der Waals surface area contributed by atoms with Gasteiger partial charge in [-0.25, -0.2) is 5.43 Å². The van der Waals surface area contributed by atoms with Crippen molar-refractivity contribution >= 4 is 44.0 Å². The summed E-state index contributed by atoms with van der Waals surface area (Å²) in [5.41, 5.74) is 4.40. The average molecular weight is 514 g/mol. The highest BCUT2D eigenvalue weighted by molar-refractivity contribution is 9.10. The maximum atomic E-state index is 12.0. The van der Waals surface area contributed by atoms with Crippen molar-refractivity contribution in [1.82, 2.24) is 5.43 Å². The molecule has 0 radical (unpaired) electrons. The molecule has 2 aromatic carbocycles. The average Bonchev–Trinajstić information content (AvgIpc) is 2.67. The lowest BCUT2D eigenvalue weighted by Gasteiger charge is -2.10. The Morgan fingerprint density at radius 3 is 2.54 bits per heavy atom. The number of nitrogens with zero attached hydrogens (tertiary/aromatic N) is 1. The van der Waals surface area contributed by atoms with Crippen LogP contribution in [0.1, 0.15) is 24.5 Å². The van der Waals surface area contributed by atoms with Crippen molar-refractivity contribution in [1.29, 1.82) is 0 Å². The van der Waals surface area contributed by atoms with Gasteiger partial charge in [-0.05, 0) is 73.7 Å². The molecule has 0 aliphatic rings. The molecule has 1 N–H and O–H groups in total. The molecular formula is C20H22Br2N2O4. The summed E-state index contributed by atoms with van der Waals surface area (Å²) >= 11 is 6.88.